The van der Waals surface area contributed by atoms with Crippen LogP contribution >= 0.6 is 0 Å². The number of rotatable bonds is 8. The minimum atomic E-state index is -1.41. The van der Waals surface area contributed by atoms with Crippen molar-refractivity contribution in [3.05, 3.63) is 0 Å². The van der Waals surface area contributed by atoms with Crippen molar-refractivity contribution in [2.24, 2.45) is 23.2 Å². The summed E-state index contributed by atoms with van der Waals surface area (Å²) in [5.74, 6) is -0.856. The van der Waals surface area contributed by atoms with E-state index < -0.39 is 41.4 Å². The van der Waals surface area contributed by atoms with Crippen molar-refractivity contribution < 1.29 is 33.6 Å². The van der Waals surface area contributed by atoms with E-state index in [0.29, 0.717) is 24.8 Å². The highest BCUT2D eigenvalue weighted by Gasteiger charge is 2.52. The third-order valence-electron chi connectivity index (χ3n) is 11.5. The van der Waals surface area contributed by atoms with Gasteiger partial charge in [0.25, 0.3) is 0 Å². The Kier molecular flexibility index (Phi) is 12.7. The average Bonchev–Trinajstić information content (AvgIpc) is 2.95. The molecule has 0 bridgehead atoms. The van der Waals surface area contributed by atoms with E-state index in [-0.39, 0.29) is 36.0 Å². The highest BCUT2D eigenvalue weighted by Crippen LogP contribution is 2.41. The number of cyclic esters (lactones) is 1. The zero-order valence-electron chi connectivity index (χ0n) is 30.6. The number of aliphatic hydroxyl groups is 1. The summed E-state index contributed by atoms with van der Waals surface area (Å²) in [7, 11) is 9.81. The molecule has 1 saturated carbocycles. The number of methoxy groups -OCH3 is 1. The zero-order valence-corrected chi connectivity index (χ0v) is 30.6. The summed E-state index contributed by atoms with van der Waals surface area (Å²) < 4.78 is 25.1. The summed E-state index contributed by atoms with van der Waals surface area (Å²) in [6.07, 6.45) is 1.64. The lowest BCUT2D eigenvalue weighted by molar-refractivity contribution is -0.295. The highest BCUT2D eigenvalue weighted by molar-refractivity contribution is 6.04. The Bertz CT molecular complexity index is 1000. The molecule has 2 saturated heterocycles. The van der Waals surface area contributed by atoms with Gasteiger partial charge in [0.1, 0.15) is 18.1 Å². The number of nitrogens with zero attached hydrogens (tertiary/aromatic N) is 3. The fourth-order valence-corrected chi connectivity index (χ4v) is 7.99. The number of esters is 1. The Morgan fingerprint density at radius 2 is 1.67 bits per heavy atom. The standard InChI is InChI=1S/C35H65N3O7/c1-14-37(11)26-16-25(17-26)19-34(7)21-43-32(41)33(5,6)29(40)24(4)30(35(8,42-13)18-22(2)20-38(34)12)45-31-28(39)27(36(9)10)15-23(3)44-31/h22-28,30-31,39H,14-21H2,1-13H3/t22-,23-,24+,25?,26?,27+,28-,30-,31+,34-,35-/m1/s1. The predicted octanol–water partition coefficient (Wildman–Crippen LogP) is 3.83. The van der Waals surface area contributed by atoms with Crippen LogP contribution in [0.5, 0.6) is 0 Å². The molecule has 262 valence electrons. The first kappa shape index (κ1) is 38.3. The minimum Gasteiger partial charge on any atom is -0.463 e. The number of hydrogen-bond acceptors (Lipinski definition) is 10. The quantitative estimate of drug-likeness (QED) is 0.312. The van der Waals surface area contributed by atoms with E-state index in [0.717, 1.165) is 32.4 Å². The van der Waals surface area contributed by atoms with E-state index in [2.05, 4.69) is 44.7 Å². The molecule has 2 heterocycles. The molecule has 10 heteroatoms. The smallest absolute Gasteiger partial charge is 0.319 e. The first-order valence-electron chi connectivity index (χ1n) is 17.1. The molecule has 45 heavy (non-hydrogen) atoms. The number of carbonyl (C=O) groups is 2. The second-order valence-electron chi connectivity index (χ2n) is 16.0. The second kappa shape index (κ2) is 15.0. The minimum absolute atomic E-state index is 0.148. The number of Topliss-reactive ketones (excluding diaryl/α,β-unsaturated/α-hetero) is 1. The van der Waals surface area contributed by atoms with E-state index in [1.165, 1.54) is 0 Å². The maximum Gasteiger partial charge on any atom is 0.319 e. The molecule has 3 aliphatic rings. The Morgan fingerprint density at radius 3 is 2.22 bits per heavy atom. The van der Waals surface area contributed by atoms with Crippen molar-refractivity contribution in [2.45, 2.75) is 135 Å². The SMILES string of the molecule is CCN(C)C1CC(C[C@]2(C)COC(=O)C(C)(C)C(=O)[C@H](C)[C@@H](O[C@@H]3O[C@H](C)C[C@H](N(C)C)[C@H]3O)[C@](C)(OC)C[C@@H](C)CN2C)C1. The molecule has 0 spiro atoms. The summed E-state index contributed by atoms with van der Waals surface area (Å²) >= 11 is 0. The zero-order chi connectivity index (χ0) is 34.1. The van der Waals surface area contributed by atoms with Crippen LogP contribution in [0.4, 0.5) is 0 Å². The molecule has 0 aromatic rings. The van der Waals surface area contributed by atoms with Crippen molar-refractivity contribution in [1.82, 2.24) is 14.7 Å². The van der Waals surface area contributed by atoms with Crippen LogP contribution in [0, 0.1) is 23.2 Å². The molecule has 0 unspecified atom stereocenters. The molecule has 9 atom stereocenters. The van der Waals surface area contributed by atoms with E-state index in [9.17, 15) is 14.7 Å². The Labute approximate surface area is 273 Å². The Hall–Kier alpha value is -1.14. The van der Waals surface area contributed by atoms with Crippen LogP contribution in [0.2, 0.25) is 0 Å². The molecule has 3 rings (SSSR count). The van der Waals surface area contributed by atoms with Crippen molar-refractivity contribution in [2.75, 3.05) is 55.0 Å². The Morgan fingerprint density at radius 1 is 1.04 bits per heavy atom. The van der Waals surface area contributed by atoms with Gasteiger partial charge in [-0.05, 0) is 113 Å². The fourth-order valence-electron chi connectivity index (χ4n) is 7.99. The molecule has 2 aliphatic heterocycles. The van der Waals surface area contributed by atoms with Gasteiger partial charge in [-0.25, -0.2) is 0 Å². The maximum absolute atomic E-state index is 14.3. The first-order chi connectivity index (χ1) is 20.8. The van der Waals surface area contributed by atoms with Crippen LogP contribution in [0.1, 0.15) is 87.5 Å². The van der Waals surface area contributed by atoms with Crippen LogP contribution in [-0.2, 0) is 28.5 Å². The third kappa shape index (κ3) is 8.48. The number of hydrogen-bond donors (Lipinski definition) is 1. The van der Waals surface area contributed by atoms with Gasteiger partial charge in [0, 0.05) is 31.7 Å². The summed E-state index contributed by atoms with van der Waals surface area (Å²) in [5, 5.41) is 11.3. The van der Waals surface area contributed by atoms with E-state index >= 15 is 0 Å². The molecule has 10 nitrogen and oxygen atoms in total. The topological polar surface area (TPSA) is 101 Å². The lowest BCUT2D eigenvalue weighted by Crippen LogP contribution is -2.59. The van der Waals surface area contributed by atoms with Gasteiger partial charge in [0.05, 0.1) is 23.3 Å². The number of aliphatic hydroxyl groups excluding tert-OH is 1. The summed E-state index contributed by atoms with van der Waals surface area (Å²) in [4.78, 5) is 34.7. The van der Waals surface area contributed by atoms with Crippen LogP contribution in [0.25, 0.3) is 0 Å². The van der Waals surface area contributed by atoms with Crippen LogP contribution < -0.4 is 0 Å². The molecule has 0 radical (unpaired) electrons. The van der Waals surface area contributed by atoms with Gasteiger partial charge >= 0.3 is 5.97 Å². The molecular weight excluding hydrogens is 574 g/mol. The van der Waals surface area contributed by atoms with Gasteiger partial charge in [-0.3, -0.25) is 14.5 Å². The van der Waals surface area contributed by atoms with Gasteiger partial charge < -0.3 is 33.9 Å². The van der Waals surface area contributed by atoms with Crippen molar-refractivity contribution in [3.8, 4) is 0 Å². The lowest BCUT2D eigenvalue weighted by atomic mass is 9.72. The number of ether oxygens (including phenoxy) is 4. The molecule has 1 N–H and O–H groups in total. The van der Waals surface area contributed by atoms with Crippen molar-refractivity contribution in [3.63, 3.8) is 0 Å². The van der Waals surface area contributed by atoms with Gasteiger partial charge in [-0.1, -0.05) is 20.8 Å². The van der Waals surface area contributed by atoms with E-state index in [4.69, 9.17) is 18.9 Å². The molecular formula is C35H65N3O7. The van der Waals surface area contributed by atoms with E-state index in [1.54, 1.807) is 27.9 Å². The summed E-state index contributed by atoms with van der Waals surface area (Å²) in [6.45, 7) is 17.6. The van der Waals surface area contributed by atoms with E-state index in [1.807, 2.05) is 32.8 Å². The normalized spacial score (nSPS) is 42.4. The van der Waals surface area contributed by atoms with Gasteiger partial charge in [-0.15, -0.1) is 0 Å². The van der Waals surface area contributed by atoms with Gasteiger partial charge in [-0.2, -0.15) is 0 Å². The highest BCUT2D eigenvalue weighted by atomic mass is 16.7. The molecule has 0 amide bonds. The number of likely N-dealkylation sites (N-methyl/N-ethyl adjacent to an activating group) is 2. The van der Waals surface area contributed by atoms with Gasteiger partial charge in [0.15, 0.2) is 12.1 Å². The molecule has 1 aliphatic carbocycles. The van der Waals surface area contributed by atoms with Crippen LogP contribution in [0.3, 0.4) is 0 Å². The molecule has 3 fully saturated rings. The lowest BCUT2D eigenvalue weighted by Gasteiger charge is -2.48. The Balaban J connectivity index is 1.95. The third-order valence-corrected chi connectivity index (χ3v) is 11.5. The van der Waals surface area contributed by atoms with Crippen molar-refractivity contribution >= 4 is 11.8 Å². The largest absolute Gasteiger partial charge is 0.463 e. The molecule has 0 aromatic carbocycles. The predicted molar refractivity (Wildman–Crippen MR) is 176 cm³/mol. The summed E-state index contributed by atoms with van der Waals surface area (Å²) in [5.41, 5.74) is -2.71. The number of ketones is 1. The fraction of sp³-hybridized carbons (Fsp3) is 0.943. The first-order valence-corrected chi connectivity index (χ1v) is 17.1. The van der Waals surface area contributed by atoms with Gasteiger partial charge in [0.2, 0.25) is 0 Å². The number of carbonyl (C=O) groups excluding carboxylic acids is 2. The summed E-state index contributed by atoms with van der Waals surface area (Å²) in [6, 6.07) is 0.434. The average molecular weight is 640 g/mol. The second-order valence-corrected chi connectivity index (χ2v) is 16.0. The maximum atomic E-state index is 14.3. The monoisotopic (exact) mass is 639 g/mol. The van der Waals surface area contributed by atoms with Crippen molar-refractivity contribution in [1.29, 1.82) is 0 Å². The van der Waals surface area contributed by atoms with Crippen LogP contribution in [-0.4, -0.2) is 134 Å². The molecule has 0 aromatic heterocycles. The van der Waals surface area contributed by atoms with Crippen LogP contribution in [0.15, 0.2) is 0 Å².